The lowest BCUT2D eigenvalue weighted by Gasteiger charge is -2.04. The van der Waals surface area contributed by atoms with Crippen molar-refractivity contribution in [3.8, 4) is 0 Å². The first-order valence-corrected chi connectivity index (χ1v) is 7.80. The van der Waals surface area contributed by atoms with Crippen LogP contribution < -0.4 is 10.0 Å². The van der Waals surface area contributed by atoms with Gasteiger partial charge in [0.2, 0.25) is 10.0 Å². The lowest BCUT2D eigenvalue weighted by Crippen LogP contribution is -2.27. The molecule has 0 atom stereocenters. The van der Waals surface area contributed by atoms with Crippen LogP contribution in [-0.4, -0.2) is 51.5 Å². The summed E-state index contributed by atoms with van der Waals surface area (Å²) in [7, 11) is -1.96. The van der Waals surface area contributed by atoms with Gasteiger partial charge in [0.25, 0.3) is 0 Å². The van der Waals surface area contributed by atoms with E-state index in [1.807, 2.05) is 0 Å². The summed E-state index contributed by atoms with van der Waals surface area (Å²) >= 11 is 0. The van der Waals surface area contributed by atoms with Crippen molar-refractivity contribution >= 4 is 10.0 Å². The van der Waals surface area contributed by atoms with Crippen molar-refractivity contribution in [2.24, 2.45) is 0 Å². The first-order chi connectivity index (χ1) is 9.10. The van der Waals surface area contributed by atoms with Crippen LogP contribution in [0.1, 0.15) is 13.3 Å². The molecule has 1 rings (SSSR count). The lowest BCUT2D eigenvalue weighted by molar-refractivity contribution is 0.204. The molecule has 0 radical (unpaired) electrons. The predicted octanol–water partition coefficient (Wildman–Crippen LogP) is -0.193. The average molecular weight is 290 g/mol. The van der Waals surface area contributed by atoms with Crippen LogP contribution in [0.3, 0.4) is 0 Å². The molecule has 0 unspecified atom stereocenters. The molecule has 110 valence electrons. The highest BCUT2D eigenvalue weighted by Crippen LogP contribution is 2.06. The Morgan fingerprint density at radius 2 is 2.16 bits per heavy atom. The molecule has 1 heterocycles. The zero-order chi connectivity index (χ0) is 14.1. The number of ether oxygens (including phenoxy) is 1. The highest BCUT2D eigenvalue weighted by atomic mass is 32.2. The summed E-state index contributed by atoms with van der Waals surface area (Å²) in [6.07, 6.45) is 3.96. The topological polar surface area (TPSA) is 85.2 Å². The summed E-state index contributed by atoms with van der Waals surface area (Å²) in [4.78, 5) is 0.180. The highest BCUT2D eigenvalue weighted by Gasteiger charge is 2.15. The summed E-state index contributed by atoms with van der Waals surface area (Å²) in [6, 6.07) is 0. The van der Waals surface area contributed by atoms with Crippen LogP contribution in [0.15, 0.2) is 17.3 Å². The van der Waals surface area contributed by atoms with E-state index in [-0.39, 0.29) is 11.4 Å². The van der Waals surface area contributed by atoms with E-state index in [0.717, 1.165) is 19.5 Å². The molecule has 0 saturated heterocycles. The smallest absolute Gasteiger partial charge is 0.243 e. The number of hydrogen-bond acceptors (Lipinski definition) is 5. The molecule has 0 aliphatic carbocycles. The maximum atomic E-state index is 11.9. The fourth-order valence-corrected chi connectivity index (χ4v) is 2.43. The SMILES string of the molecule is CCCNCCn1cc(S(=O)(=O)NCCOC)cn1. The number of methoxy groups -OCH3 is 1. The monoisotopic (exact) mass is 290 g/mol. The molecule has 0 spiro atoms. The third-order valence-corrected chi connectivity index (χ3v) is 3.88. The first-order valence-electron chi connectivity index (χ1n) is 6.32. The Kier molecular flexibility index (Phi) is 7.00. The number of sulfonamides is 1. The van der Waals surface area contributed by atoms with Crippen LogP contribution in [0.2, 0.25) is 0 Å². The van der Waals surface area contributed by atoms with Gasteiger partial charge in [-0.1, -0.05) is 6.92 Å². The van der Waals surface area contributed by atoms with E-state index in [1.54, 1.807) is 4.68 Å². The largest absolute Gasteiger partial charge is 0.383 e. The van der Waals surface area contributed by atoms with E-state index >= 15 is 0 Å². The number of aromatic nitrogens is 2. The third-order valence-electron chi connectivity index (χ3n) is 2.46. The molecule has 0 fully saturated rings. The fraction of sp³-hybridized carbons (Fsp3) is 0.727. The Hall–Kier alpha value is -0.960. The van der Waals surface area contributed by atoms with Crippen LogP contribution in [-0.2, 0) is 21.3 Å². The van der Waals surface area contributed by atoms with Crippen molar-refractivity contribution in [3.05, 3.63) is 12.4 Å². The molecule has 0 aliphatic rings. The minimum atomic E-state index is -3.48. The van der Waals surface area contributed by atoms with Gasteiger partial charge in [-0.3, -0.25) is 4.68 Å². The van der Waals surface area contributed by atoms with Crippen LogP contribution >= 0.6 is 0 Å². The second-order valence-corrected chi connectivity index (χ2v) is 5.85. The number of rotatable bonds is 10. The quantitative estimate of drug-likeness (QED) is 0.583. The molecule has 0 amide bonds. The zero-order valence-electron chi connectivity index (χ0n) is 11.4. The highest BCUT2D eigenvalue weighted by molar-refractivity contribution is 7.89. The standard InChI is InChI=1S/C11H22N4O3S/c1-3-4-12-5-7-15-10-11(9-13-15)19(16,17)14-6-8-18-2/h9-10,12,14H,3-8H2,1-2H3. The van der Waals surface area contributed by atoms with Gasteiger partial charge in [-0.15, -0.1) is 0 Å². The van der Waals surface area contributed by atoms with Gasteiger partial charge in [0.05, 0.1) is 19.3 Å². The number of nitrogens with one attached hydrogen (secondary N) is 2. The fourth-order valence-electron chi connectivity index (χ4n) is 1.46. The van der Waals surface area contributed by atoms with Gasteiger partial charge in [0.15, 0.2) is 0 Å². The Bertz CT molecular complexity index is 458. The van der Waals surface area contributed by atoms with Crippen LogP contribution in [0, 0.1) is 0 Å². The first kappa shape index (κ1) is 16.1. The number of nitrogens with zero attached hydrogens (tertiary/aromatic N) is 2. The molecule has 0 saturated carbocycles. The van der Waals surface area contributed by atoms with Gasteiger partial charge >= 0.3 is 0 Å². The van der Waals surface area contributed by atoms with Crippen LogP contribution in [0.5, 0.6) is 0 Å². The molecular weight excluding hydrogens is 268 g/mol. The van der Waals surface area contributed by atoms with Gasteiger partial charge < -0.3 is 10.1 Å². The summed E-state index contributed by atoms with van der Waals surface area (Å²) in [5.41, 5.74) is 0. The van der Waals surface area contributed by atoms with Gasteiger partial charge in [0.1, 0.15) is 4.90 Å². The second-order valence-electron chi connectivity index (χ2n) is 4.08. The zero-order valence-corrected chi connectivity index (χ0v) is 12.2. The Morgan fingerprint density at radius 1 is 1.37 bits per heavy atom. The summed E-state index contributed by atoms with van der Waals surface area (Å²) < 4.78 is 32.6. The Labute approximate surface area is 114 Å². The van der Waals surface area contributed by atoms with Crippen molar-refractivity contribution in [3.63, 3.8) is 0 Å². The molecule has 0 bridgehead atoms. The normalized spacial score (nSPS) is 11.9. The minimum Gasteiger partial charge on any atom is -0.383 e. The summed E-state index contributed by atoms with van der Waals surface area (Å²) in [6.45, 7) is 5.05. The summed E-state index contributed by atoms with van der Waals surface area (Å²) in [5.74, 6) is 0. The van der Waals surface area contributed by atoms with E-state index in [0.29, 0.717) is 13.2 Å². The molecule has 7 nitrogen and oxygen atoms in total. The Morgan fingerprint density at radius 3 is 2.84 bits per heavy atom. The predicted molar refractivity (Wildman–Crippen MR) is 72.5 cm³/mol. The van der Waals surface area contributed by atoms with E-state index in [9.17, 15) is 8.42 Å². The van der Waals surface area contributed by atoms with Gasteiger partial charge in [-0.05, 0) is 13.0 Å². The molecule has 0 aromatic carbocycles. The van der Waals surface area contributed by atoms with Gasteiger partial charge in [0, 0.05) is 26.4 Å². The van der Waals surface area contributed by atoms with Crippen molar-refractivity contribution in [1.29, 1.82) is 0 Å². The molecule has 19 heavy (non-hydrogen) atoms. The van der Waals surface area contributed by atoms with Crippen LogP contribution in [0.4, 0.5) is 0 Å². The van der Waals surface area contributed by atoms with Crippen molar-refractivity contribution in [2.45, 2.75) is 24.8 Å². The van der Waals surface area contributed by atoms with Crippen molar-refractivity contribution in [1.82, 2.24) is 19.8 Å². The minimum absolute atomic E-state index is 0.180. The molecule has 1 aromatic rings. The average Bonchev–Trinajstić information content (AvgIpc) is 2.84. The van der Waals surface area contributed by atoms with E-state index in [2.05, 4.69) is 22.1 Å². The van der Waals surface area contributed by atoms with Crippen molar-refractivity contribution < 1.29 is 13.2 Å². The van der Waals surface area contributed by atoms with E-state index in [4.69, 9.17) is 4.74 Å². The van der Waals surface area contributed by atoms with Crippen LogP contribution in [0.25, 0.3) is 0 Å². The molecule has 1 aromatic heterocycles. The van der Waals surface area contributed by atoms with Crippen molar-refractivity contribution in [2.75, 3.05) is 33.4 Å². The number of hydrogen-bond donors (Lipinski definition) is 2. The summed E-state index contributed by atoms with van der Waals surface area (Å²) in [5, 5.41) is 7.27. The van der Waals surface area contributed by atoms with Gasteiger partial charge in [-0.2, -0.15) is 5.10 Å². The third kappa shape index (κ3) is 5.68. The molecule has 8 heteroatoms. The molecule has 0 aliphatic heterocycles. The maximum absolute atomic E-state index is 11.9. The second kappa shape index (κ2) is 8.26. The molecule has 2 N–H and O–H groups in total. The van der Waals surface area contributed by atoms with E-state index < -0.39 is 10.0 Å². The lowest BCUT2D eigenvalue weighted by atomic mass is 10.5. The van der Waals surface area contributed by atoms with Gasteiger partial charge in [-0.25, -0.2) is 13.1 Å². The maximum Gasteiger partial charge on any atom is 0.243 e. The Balaban J connectivity index is 2.48. The molecular formula is C11H22N4O3S. The van der Waals surface area contributed by atoms with E-state index in [1.165, 1.54) is 19.5 Å².